The molecule has 1 nitrogen and oxygen atoms in total. The van der Waals surface area contributed by atoms with Crippen LogP contribution >= 0.6 is 12.4 Å². The molecule has 0 spiro atoms. The molecule has 0 radical (unpaired) electrons. The Morgan fingerprint density at radius 2 is 1.80 bits per heavy atom. The lowest BCUT2D eigenvalue weighted by Gasteiger charge is -2.17. The average molecular weight is 228 g/mol. The third-order valence-corrected chi connectivity index (χ3v) is 2.56. The smallest absolute Gasteiger partial charge is 0.0300 e. The van der Waals surface area contributed by atoms with Crippen LogP contribution in [0, 0.1) is 19.8 Å². The second-order valence-electron chi connectivity index (χ2n) is 4.60. The normalized spacial score (nSPS) is 12.4. The second-order valence-corrected chi connectivity index (χ2v) is 4.60. The summed E-state index contributed by atoms with van der Waals surface area (Å²) in [5.74, 6) is 0.657. The predicted octanol–water partition coefficient (Wildman–Crippen LogP) is 3.77. The lowest BCUT2D eigenvalue weighted by molar-refractivity contribution is 0.508. The third-order valence-electron chi connectivity index (χ3n) is 2.56. The maximum absolute atomic E-state index is 6.17. The Bertz CT molecular complexity index is 307. The number of hydrogen-bond acceptors (Lipinski definition) is 1. The van der Waals surface area contributed by atoms with Gasteiger partial charge >= 0.3 is 0 Å². The number of halogens is 1. The molecule has 0 heterocycles. The van der Waals surface area contributed by atoms with Crippen molar-refractivity contribution in [3.63, 3.8) is 0 Å². The molecule has 0 aliphatic heterocycles. The van der Waals surface area contributed by atoms with Crippen molar-refractivity contribution in [3.05, 3.63) is 34.9 Å². The van der Waals surface area contributed by atoms with E-state index in [9.17, 15) is 0 Å². The van der Waals surface area contributed by atoms with Gasteiger partial charge in [0.1, 0.15) is 0 Å². The highest BCUT2D eigenvalue weighted by molar-refractivity contribution is 5.85. The van der Waals surface area contributed by atoms with Crippen LogP contribution in [0.15, 0.2) is 18.2 Å². The summed E-state index contributed by atoms with van der Waals surface area (Å²) in [6.45, 7) is 8.68. The lowest BCUT2D eigenvalue weighted by atomic mass is 9.93. The molecule has 15 heavy (non-hydrogen) atoms. The van der Waals surface area contributed by atoms with Gasteiger partial charge in [-0.3, -0.25) is 0 Å². The first kappa shape index (κ1) is 14.5. The van der Waals surface area contributed by atoms with Crippen LogP contribution in [0.1, 0.15) is 43.0 Å². The Hall–Kier alpha value is -0.530. The van der Waals surface area contributed by atoms with Gasteiger partial charge in [0, 0.05) is 6.04 Å². The van der Waals surface area contributed by atoms with Gasteiger partial charge in [-0.05, 0) is 37.3 Å². The van der Waals surface area contributed by atoms with E-state index < -0.39 is 0 Å². The van der Waals surface area contributed by atoms with Crippen LogP contribution < -0.4 is 5.73 Å². The molecule has 0 aromatic heterocycles. The number of nitrogens with two attached hydrogens (primary N) is 1. The van der Waals surface area contributed by atoms with E-state index in [1.165, 1.54) is 16.7 Å². The molecule has 0 bridgehead atoms. The van der Waals surface area contributed by atoms with Gasteiger partial charge in [-0.2, -0.15) is 0 Å². The van der Waals surface area contributed by atoms with Crippen molar-refractivity contribution < 1.29 is 0 Å². The zero-order valence-electron chi connectivity index (χ0n) is 10.1. The lowest BCUT2D eigenvalue weighted by Crippen LogP contribution is -2.14. The van der Waals surface area contributed by atoms with E-state index in [-0.39, 0.29) is 18.4 Å². The Morgan fingerprint density at radius 3 is 2.33 bits per heavy atom. The highest BCUT2D eigenvalue weighted by Gasteiger charge is 2.10. The zero-order valence-corrected chi connectivity index (χ0v) is 10.9. The summed E-state index contributed by atoms with van der Waals surface area (Å²) in [6, 6.07) is 6.70. The maximum atomic E-state index is 6.17. The van der Waals surface area contributed by atoms with E-state index in [0.717, 1.165) is 6.42 Å². The quantitative estimate of drug-likeness (QED) is 0.836. The summed E-state index contributed by atoms with van der Waals surface area (Å²) in [6.07, 6.45) is 1.06. The van der Waals surface area contributed by atoms with E-state index in [2.05, 4.69) is 45.9 Å². The van der Waals surface area contributed by atoms with Crippen LogP contribution in [-0.4, -0.2) is 0 Å². The van der Waals surface area contributed by atoms with Crippen molar-refractivity contribution in [2.24, 2.45) is 11.7 Å². The summed E-state index contributed by atoms with van der Waals surface area (Å²) in [4.78, 5) is 0. The molecule has 0 unspecified atom stereocenters. The standard InChI is InChI=1S/C13H21N.ClH/c1-9(2)7-13(14)12-8-10(3)5-6-11(12)4;/h5-6,8-9,13H,7,14H2,1-4H3;1H/t13-;/m0./s1. The summed E-state index contributed by atoms with van der Waals surface area (Å²) < 4.78 is 0. The third kappa shape index (κ3) is 4.23. The first-order chi connectivity index (χ1) is 6.50. The molecule has 2 heteroatoms. The van der Waals surface area contributed by atoms with Crippen molar-refractivity contribution in [1.82, 2.24) is 0 Å². The van der Waals surface area contributed by atoms with Gasteiger partial charge in [-0.1, -0.05) is 37.6 Å². The highest BCUT2D eigenvalue weighted by Crippen LogP contribution is 2.22. The van der Waals surface area contributed by atoms with E-state index >= 15 is 0 Å². The Labute approximate surface area is 99.5 Å². The van der Waals surface area contributed by atoms with Crippen LogP contribution in [0.4, 0.5) is 0 Å². The van der Waals surface area contributed by atoms with Gasteiger partial charge in [-0.15, -0.1) is 12.4 Å². The van der Waals surface area contributed by atoms with Gasteiger partial charge in [0.25, 0.3) is 0 Å². The van der Waals surface area contributed by atoms with Crippen molar-refractivity contribution >= 4 is 12.4 Å². The van der Waals surface area contributed by atoms with Crippen molar-refractivity contribution in [3.8, 4) is 0 Å². The van der Waals surface area contributed by atoms with E-state index in [1.54, 1.807) is 0 Å². The van der Waals surface area contributed by atoms with Crippen LogP contribution in [0.25, 0.3) is 0 Å². The van der Waals surface area contributed by atoms with Crippen LogP contribution in [-0.2, 0) is 0 Å². The first-order valence-electron chi connectivity index (χ1n) is 5.33. The van der Waals surface area contributed by atoms with Gasteiger partial charge in [-0.25, -0.2) is 0 Å². The van der Waals surface area contributed by atoms with Gasteiger partial charge in [0.2, 0.25) is 0 Å². The maximum Gasteiger partial charge on any atom is 0.0300 e. The summed E-state index contributed by atoms with van der Waals surface area (Å²) in [5.41, 5.74) is 10.1. The molecule has 1 atom stereocenters. The SMILES string of the molecule is Cc1ccc(C)c([C@@H](N)CC(C)C)c1.Cl. The minimum atomic E-state index is 0. The minimum Gasteiger partial charge on any atom is -0.324 e. The molecule has 0 saturated carbocycles. The molecule has 0 fully saturated rings. The van der Waals surface area contributed by atoms with Gasteiger partial charge in [0.05, 0.1) is 0 Å². The van der Waals surface area contributed by atoms with Crippen LogP contribution in [0.2, 0.25) is 0 Å². The topological polar surface area (TPSA) is 26.0 Å². The fraction of sp³-hybridized carbons (Fsp3) is 0.538. The fourth-order valence-corrected chi connectivity index (χ4v) is 1.79. The van der Waals surface area contributed by atoms with Crippen LogP contribution in [0.5, 0.6) is 0 Å². The predicted molar refractivity (Wildman–Crippen MR) is 69.5 cm³/mol. The molecular weight excluding hydrogens is 206 g/mol. The molecule has 1 aromatic carbocycles. The minimum absolute atomic E-state index is 0. The average Bonchev–Trinajstić information content (AvgIpc) is 2.08. The number of aryl methyl sites for hydroxylation is 2. The van der Waals surface area contributed by atoms with Crippen molar-refractivity contribution in [2.45, 2.75) is 40.2 Å². The Kier molecular flexibility index (Phi) is 5.92. The molecule has 0 saturated heterocycles. The monoisotopic (exact) mass is 227 g/mol. The molecular formula is C13H22ClN. The number of benzene rings is 1. The summed E-state index contributed by atoms with van der Waals surface area (Å²) in [5, 5.41) is 0. The first-order valence-corrected chi connectivity index (χ1v) is 5.33. The van der Waals surface area contributed by atoms with Crippen molar-refractivity contribution in [2.75, 3.05) is 0 Å². The fourth-order valence-electron chi connectivity index (χ4n) is 1.79. The summed E-state index contributed by atoms with van der Waals surface area (Å²) in [7, 11) is 0. The Balaban J connectivity index is 0.00000196. The van der Waals surface area contributed by atoms with E-state index in [4.69, 9.17) is 5.73 Å². The summed E-state index contributed by atoms with van der Waals surface area (Å²) >= 11 is 0. The molecule has 0 amide bonds. The molecule has 0 aliphatic carbocycles. The van der Waals surface area contributed by atoms with E-state index in [1.807, 2.05) is 0 Å². The van der Waals surface area contributed by atoms with Crippen molar-refractivity contribution in [1.29, 1.82) is 0 Å². The zero-order chi connectivity index (χ0) is 10.7. The van der Waals surface area contributed by atoms with E-state index in [0.29, 0.717) is 5.92 Å². The second kappa shape index (κ2) is 6.14. The van der Waals surface area contributed by atoms with Gasteiger partial charge < -0.3 is 5.73 Å². The molecule has 2 N–H and O–H groups in total. The Morgan fingerprint density at radius 1 is 1.20 bits per heavy atom. The molecule has 1 rings (SSSR count). The largest absolute Gasteiger partial charge is 0.324 e. The van der Waals surface area contributed by atoms with Crippen LogP contribution in [0.3, 0.4) is 0 Å². The number of rotatable bonds is 3. The van der Waals surface area contributed by atoms with Gasteiger partial charge in [0.15, 0.2) is 0 Å². The highest BCUT2D eigenvalue weighted by atomic mass is 35.5. The molecule has 0 aliphatic rings. The number of hydrogen-bond donors (Lipinski definition) is 1. The molecule has 86 valence electrons. The molecule has 1 aromatic rings.